The molecule has 0 aliphatic heterocycles. The van der Waals surface area contributed by atoms with E-state index in [1.54, 1.807) is 19.9 Å². The molecule has 0 saturated heterocycles. The van der Waals surface area contributed by atoms with Crippen LogP contribution >= 0.6 is 0 Å². The van der Waals surface area contributed by atoms with Gasteiger partial charge in [-0.2, -0.15) is 0 Å². The summed E-state index contributed by atoms with van der Waals surface area (Å²) in [6, 6.07) is 7.33. The van der Waals surface area contributed by atoms with Gasteiger partial charge in [0.2, 0.25) is 0 Å². The lowest BCUT2D eigenvalue weighted by atomic mass is 9.96. The Balaban J connectivity index is 3.06. The zero-order valence-electron chi connectivity index (χ0n) is 8.34. The molecule has 1 atom stereocenters. The molecule has 0 saturated carbocycles. The summed E-state index contributed by atoms with van der Waals surface area (Å²) >= 11 is 0. The van der Waals surface area contributed by atoms with Gasteiger partial charge >= 0.3 is 0 Å². The van der Waals surface area contributed by atoms with E-state index in [0.717, 1.165) is 5.56 Å². The summed E-state index contributed by atoms with van der Waals surface area (Å²) in [4.78, 5) is 0. The number of benzene rings is 1. The monoisotopic (exact) mass is 181 g/mol. The van der Waals surface area contributed by atoms with Crippen LogP contribution in [-0.2, 0) is 5.67 Å². The standard InChI is InChI=1S/C11H16FN/c1-8(13)9-5-4-6-10(7-9)11(2,3)12/h4-8H,13H2,1-3H3. The molecule has 0 fully saturated rings. The third kappa shape index (κ3) is 2.52. The van der Waals surface area contributed by atoms with E-state index in [0.29, 0.717) is 5.56 Å². The fraction of sp³-hybridized carbons (Fsp3) is 0.455. The van der Waals surface area contributed by atoms with Crippen LogP contribution in [0.25, 0.3) is 0 Å². The molecule has 1 nitrogen and oxygen atoms in total. The summed E-state index contributed by atoms with van der Waals surface area (Å²) in [6.45, 7) is 4.99. The Morgan fingerprint density at radius 3 is 2.46 bits per heavy atom. The molecule has 72 valence electrons. The number of hydrogen-bond acceptors (Lipinski definition) is 1. The molecule has 1 rings (SSSR count). The number of rotatable bonds is 2. The Hall–Kier alpha value is -0.890. The van der Waals surface area contributed by atoms with Crippen LogP contribution in [0.15, 0.2) is 24.3 Å². The molecule has 2 N–H and O–H groups in total. The molecule has 1 aromatic rings. The first-order valence-corrected chi connectivity index (χ1v) is 4.46. The molecule has 2 heteroatoms. The van der Waals surface area contributed by atoms with E-state index in [1.807, 2.05) is 25.1 Å². The van der Waals surface area contributed by atoms with Crippen LogP contribution in [0, 0.1) is 0 Å². The number of alkyl halides is 1. The molecule has 0 bridgehead atoms. The summed E-state index contributed by atoms with van der Waals surface area (Å²) in [7, 11) is 0. The lowest BCUT2D eigenvalue weighted by molar-refractivity contribution is 0.221. The van der Waals surface area contributed by atoms with Crippen LogP contribution in [0.1, 0.15) is 37.9 Å². The average molecular weight is 181 g/mol. The summed E-state index contributed by atoms with van der Waals surface area (Å²) in [5, 5.41) is 0. The van der Waals surface area contributed by atoms with E-state index in [-0.39, 0.29) is 6.04 Å². The zero-order chi connectivity index (χ0) is 10.1. The van der Waals surface area contributed by atoms with Gasteiger partial charge in [0.05, 0.1) is 0 Å². The Bertz CT molecular complexity index is 286. The molecule has 0 spiro atoms. The van der Waals surface area contributed by atoms with E-state index < -0.39 is 5.67 Å². The Kier molecular flexibility index (Phi) is 2.71. The average Bonchev–Trinajstić information content (AvgIpc) is 2.03. The second kappa shape index (κ2) is 3.46. The molecule has 0 aliphatic rings. The van der Waals surface area contributed by atoms with Crippen molar-refractivity contribution >= 4 is 0 Å². The Morgan fingerprint density at radius 1 is 1.38 bits per heavy atom. The normalized spacial score (nSPS) is 14.2. The maximum atomic E-state index is 13.5. The van der Waals surface area contributed by atoms with Gasteiger partial charge in [0.15, 0.2) is 0 Å². The van der Waals surface area contributed by atoms with Crippen molar-refractivity contribution in [3.05, 3.63) is 35.4 Å². The summed E-state index contributed by atoms with van der Waals surface area (Å²) in [5.74, 6) is 0. The van der Waals surface area contributed by atoms with Gasteiger partial charge in [0.1, 0.15) is 5.67 Å². The SMILES string of the molecule is CC(N)c1cccc(C(C)(C)F)c1. The third-order valence-electron chi connectivity index (χ3n) is 2.10. The fourth-order valence-corrected chi connectivity index (χ4v) is 1.19. The molecule has 0 radical (unpaired) electrons. The van der Waals surface area contributed by atoms with Gasteiger partial charge in [-0.15, -0.1) is 0 Å². The van der Waals surface area contributed by atoms with E-state index in [2.05, 4.69) is 0 Å². The highest BCUT2D eigenvalue weighted by atomic mass is 19.1. The van der Waals surface area contributed by atoms with Crippen molar-refractivity contribution in [1.29, 1.82) is 0 Å². The predicted molar refractivity (Wildman–Crippen MR) is 53.2 cm³/mol. The molecule has 0 aliphatic carbocycles. The maximum absolute atomic E-state index is 13.5. The number of halogens is 1. The van der Waals surface area contributed by atoms with E-state index in [4.69, 9.17) is 5.73 Å². The highest BCUT2D eigenvalue weighted by Gasteiger charge is 2.18. The Morgan fingerprint density at radius 2 is 2.00 bits per heavy atom. The lowest BCUT2D eigenvalue weighted by Gasteiger charge is -2.16. The van der Waals surface area contributed by atoms with Crippen LogP contribution in [0.3, 0.4) is 0 Å². The van der Waals surface area contributed by atoms with Crippen LogP contribution in [0.2, 0.25) is 0 Å². The third-order valence-corrected chi connectivity index (χ3v) is 2.10. The first-order valence-electron chi connectivity index (χ1n) is 4.46. The summed E-state index contributed by atoms with van der Waals surface area (Å²) in [6.07, 6.45) is 0. The van der Waals surface area contributed by atoms with Gasteiger partial charge in [-0.1, -0.05) is 24.3 Å². The van der Waals surface area contributed by atoms with Crippen molar-refractivity contribution in [1.82, 2.24) is 0 Å². The first-order chi connectivity index (χ1) is 5.91. The molecule has 0 amide bonds. The fourth-order valence-electron chi connectivity index (χ4n) is 1.19. The highest BCUT2D eigenvalue weighted by Crippen LogP contribution is 2.26. The molecule has 0 aromatic heterocycles. The Labute approximate surface area is 78.8 Å². The van der Waals surface area contributed by atoms with Gasteiger partial charge in [-0.05, 0) is 31.9 Å². The van der Waals surface area contributed by atoms with Gasteiger partial charge in [-0.25, -0.2) is 4.39 Å². The predicted octanol–water partition coefficient (Wildman–Crippen LogP) is 2.91. The van der Waals surface area contributed by atoms with Gasteiger partial charge in [0.25, 0.3) is 0 Å². The van der Waals surface area contributed by atoms with Crippen molar-refractivity contribution in [2.24, 2.45) is 5.73 Å². The minimum atomic E-state index is -1.29. The van der Waals surface area contributed by atoms with E-state index in [9.17, 15) is 4.39 Å². The van der Waals surface area contributed by atoms with E-state index in [1.165, 1.54) is 0 Å². The first kappa shape index (κ1) is 10.2. The van der Waals surface area contributed by atoms with Gasteiger partial charge in [-0.3, -0.25) is 0 Å². The minimum Gasteiger partial charge on any atom is -0.324 e. The van der Waals surface area contributed by atoms with Crippen molar-refractivity contribution in [3.63, 3.8) is 0 Å². The van der Waals surface area contributed by atoms with Crippen molar-refractivity contribution in [3.8, 4) is 0 Å². The summed E-state index contributed by atoms with van der Waals surface area (Å²) < 4.78 is 13.5. The summed E-state index contributed by atoms with van der Waals surface area (Å²) in [5.41, 5.74) is 6.07. The van der Waals surface area contributed by atoms with Crippen molar-refractivity contribution in [2.45, 2.75) is 32.5 Å². The maximum Gasteiger partial charge on any atom is 0.130 e. The van der Waals surface area contributed by atoms with Crippen LogP contribution in [0.5, 0.6) is 0 Å². The number of nitrogens with two attached hydrogens (primary N) is 1. The topological polar surface area (TPSA) is 26.0 Å². The number of hydrogen-bond donors (Lipinski definition) is 1. The van der Waals surface area contributed by atoms with Crippen molar-refractivity contribution in [2.75, 3.05) is 0 Å². The minimum absolute atomic E-state index is 0.0395. The lowest BCUT2D eigenvalue weighted by Crippen LogP contribution is -2.11. The quantitative estimate of drug-likeness (QED) is 0.745. The largest absolute Gasteiger partial charge is 0.324 e. The van der Waals surface area contributed by atoms with Crippen LogP contribution in [-0.4, -0.2) is 0 Å². The van der Waals surface area contributed by atoms with E-state index >= 15 is 0 Å². The molecule has 1 unspecified atom stereocenters. The molecule has 13 heavy (non-hydrogen) atoms. The van der Waals surface area contributed by atoms with Crippen LogP contribution < -0.4 is 5.73 Å². The zero-order valence-corrected chi connectivity index (χ0v) is 8.34. The van der Waals surface area contributed by atoms with Gasteiger partial charge in [0, 0.05) is 6.04 Å². The molecular formula is C11H16FN. The second-order valence-electron chi connectivity index (χ2n) is 3.89. The highest BCUT2D eigenvalue weighted by molar-refractivity contribution is 5.28. The molecule has 1 aromatic carbocycles. The smallest absolute Gasteiger partial charge is 0.130 e. The molecule has 0 heterocycles. The second-order valence-corrected chi connectivity index (χ2v) is 3.89. The van der Waals surface area contributed by atoms with Gasteiger partial charge < -0.3 is 5.73 Å². The molecular weight excluding hydrogens is 165 g/mol. The van der Waals surface area contributed by atoms with Crippen molar-refractivity contribution < 1.29 is 4.39 Å². The van der Waals surface area contributed by atoms with Crippen LogP contribution in [0.4, 0.5) is 4.39 Å².